The molecule has 4 rings (SSSR count). The summed E-state index contributed by atoms with van der Waals surface area (Å²) in [5, 5.41) is 19.6. The molecule has 2 aromatic carbocycles. The van der Waals surface area contributed by atoms with E-state index < -0.39 is 11.9 Å². The molecule has 10 nitrogen and oxygen atoms in total. The van der Waals surface area contributed by atoms with Crippen LogP contribution in [0.25, 0.3) is 28.0 Å². The number of hydrogen-bond acceptors (Lipinski definition) is 7. The highest BCUT2D eigenvalue weighted by atomic mass is 16.5. The van der Waals surface area contributed by atoms with Crippen molar-refractivity contribution in [1.29, 1.82) is 0 Å². The van der Waals surface area contributed by atoms with Crippen molar-refractivity contribution < 1.29 is 23.8 Å². The summed E-state index contributed by atoms with van der Waals surface area (Å²) in [6, 6.07) is 12.7. The fourth-order valence-corrected chi connectivity index (χ4v) is 3.47. The zero-order chi connectivity index (χ0) is 24.1. The van der Waals surface area contributed by atoms with E-state index >= 15 is 0 Å². The van der Waals surface area contributed by atoms with Gasteiger partial charge in [0.25, 0.3) is 5.91 Å². The van der Waals surface area contributed by atoms with Gasteiger partial charge in [-0.2, -0.15) is 0 Å². The van der Waals surface area contributed by atoms with Crippen LogP contribution in [-0.4, -0.2) is 44.9 Å². The molecule has 1 amide bonds. The summed E-state index contributed by atoms with van der Waals surface area (Å²) in [5.74, 6) is -0.675. The molecule has 174 valence electrons. The summed E-state index contributed by atoms with van der Waals surface area (Å²) in [5.41, 5.74) is 1.83. The fraction of sp³-hybridized carbons (Fsp3) is 0.208. The number of carbonyl (C=O) groups excluding carboxylic acids is 1. The molecule has 0 spiro atoms. The molecule has 2 heterocycles. The smallest absolute Gasteiger partial charge is 0.305 e. The van der Waals surface area contributed by atoms with E-state index in [1.165, 1.54) is 12.6 Å². The van der Waals surface area contributed by atoms with Gasteiger partial charge in [-0.1, -0.05) is 25.1 Å². The van der Waals surface area contributed by atoms with E-state index in [1.807, 2.05) is 37.3 Å². The van der Waals surface area contributed by atoms with Crippen molar-refractivity contribution in [3.63, 3.8) is 0 Å². The van der Waals surface area contributed by atoms with E-state index in [4.69, 9.17) is 14.3 Å². The van der Waals surface area contributed by atoms with E-state index in [1.54, 1.807) is 16.7 Å². The molecule has 10 heteroatoms. The quantitative estimate of drug-likeness (QED) is 0.387. The standard InChI is InChI=1S/C24H22N4O6/c1-2-15-10-17-20(11-19(15)34-13-21(29)25-9-8-22(30)31)33-12-18(23(17)32)24-27-26-14-28(24)16-6-4-3-5-7-16/h3-7,10-12,14H,2,8-9,13H2,1H3,(H,25,29)(H,30,31). The summed E-state index contributed by atoms with van der Waals surface area (Å²) >= 11 is 0. The number of aryl methyl sites for hydroxylation is 1. The lowest BCUT2D eigenvalue weighted by Crippen LogP contribution is -2.30. The van der Waals surface area contributed by atoms with Crippen molar-refractivity contribution in [2.45, 2.75) is 19.8 Å². The summed E-state index contributed by atoms with van der Waals surface area (Å²) in [4.78, 5) is 35.8. The van der Waals surface area contributed by atoms with Gasteiger partial charge in [-0.15, -0.1) is 10.2 Å². The van der Waals surface area contributed by atoms with Crippen molar-refractivity contribution >= 4 is 22.8 Å². The summed E-state index contributed by atoms with van der Waals surface area (Å²) < 4.78 is 13.1. The topological polar surface area (TPSA) is 137 Å². The van der Waals surface area contributed by atoms with Gasteiger partial charge in [-0.3, -0.25) is 19.0 Å². The van der Waals surface area contributed by atoms with Crippen LogP contribution in [0.2, 0.25) is 0 Å². The molecule has 0 atom stereocenters. The Hall–Kier alpha value is -4.47. The number of para-hydroxylation sites is 1. The van der Waals surface area contributed by atoms with Gasteiger partial charge in [0.1, 0.15) is 29.5 Å². The van der Waals surface area contributed by atoms with Crippen LogP contribution in [0.1, 0.15) is 18.9 Å². The molecule has 34 heavy (non-hydrogen) atoms. The minimum atomic E-state index is -1.000. The van der Waals surface area contributed by atoms with Crippen LogP contribution in [0.5, 0.6) is 5.75 Å². The highest BCUT2D eigenvalue weighted by Crippen LogP contribution is 2.27. The zero-order valence-corrected chi connectivity index (χ0v) is 18.4. The maximum Gasteiger partial charge on any atom is 0.305 e. The van der Waals surface area contributed by atoms with Gasteiger partial charge in [0.2, 0.25) is 5.43 Å². The fourth-order valence-electron chi connectivity index (χ4n) is 3.47. The Balaban J connectivity index is 1.63. The largest absolute Gasteiger partial charge is 0.483 e. The van der Waals surface area contributed by atoms with Crippen LogP contribution in [0.3, 0.4) is 0 Å². The number of carboxylic acids is 1. The molecular weight excluding hydrogens is 440 g/mol. The lowest BCUT2D eigenvalue weighted by molar-refractivity contribution is -0.137. The van der Waals surface area contributed by atoms with E-state index in [2.05, 4.69) is 15.5 Å². The van der Waals surface area contributed by atoms with Gasteiger partial charge in [0.05, 0.1) is 11.8 Å². The van der Waals surface area contributed by atoms with Gasteiger partial charge in [-0.05, 0) is 30.2 Å². The molecule has 4 aromatic rings. The second-order valence-corrected chi connectivity index (χ2v) is 7.43. The Kier molecular flexibility index (Phi) is 6.67. The Labute approximate surface area is 193 Å². The van der Waals surface area contributed by atoms with E-state index in [9.17, 15) is 14.4 Å². The SMILES string of the molecule is CCc1cc2c(=O)c(-c3nncn3-c3ccccc3)coc2cc1OCC(=O)NCCC(=O)O. The number of fused-ring (bicyclic) bond motifs is 1. The van der Waals surface area contributed by atoms with Crippen LogP contribution < -0.4 is 15.5 Å². The predicted molar refractivity (Wildman–Crippen MR) is 123 cm³/mol. The van der Waals surface area contributed by atoms with Crippen LogP contribution in [0, 0.1) is 0 Å². The van der Waals surface area contributed by atoms with Gasteiger partial charge in [-0.25, -0.2) is 0 Å². The van der Waals surface area contributed by atoms with Crippen molar-refractivity contribution in [3.8, 4) is 22.8 Å². The van der Waals surface area contributed by atoms with Gasteiger partial charge in [0.15, 0.2) is 12.4 Å². The molecule has 2 N–H and O–H groups in total. The average Bonchev–Trinajstić information content (AvgIpc) is 3.32. The van der Waals surface area contributed by atoms with Crippen molar-refractivity contribution in [2.24, 2.45) is 0 Å². The van der Waals surface area contributed by atoms with Crippen molar-refractivity contribution in [2.75, 3.05) is 13.2 Å². The maximum atomic E-state index is 13.3. The number of nitrogens with zero attached hydrogens (tertiary/aromatic N) is 3. The summed E-state index contributed by atoms with van der Waals surface area (Å²) in [6.45, 7) is 1.63. The Bertz CT molecular complexity index is 1390. The number of carboxylic acid groups (broad SMARTS) is 1. The number of carbonyl (C=O) groups is 2. The molecule has 0 bridgehead atoms. The molecule has 0 aliphatic rings. The highest BCUT2D eigenvalue weighted by Gasteiger charge is 2.18. The molecular formula is C24H22N4O6. The van der Waals surface area contributed by atoms with Gasteiger partial charge in [0, 0.05) is 18.3 Å². The molecule has 0 saturated carbocycles. The summed E-state index contributed by atoms with van der Waals surface area (Å²) in [6.07, 6.45) is 3.25. The first-order chi connectivity index (χ1) is 16.5. The lowest BCUT2D eigenvalue weighted by atomic mass is 10.1. The first-order valence-electron chi connectivity index (χ1n) is 10.6. The number of nitrogens with one attached hydrogen (secondary N) is 1. The van der Waals surface area contributed by atoms with Gasteiger partial charge < -0.3 is 19.6 Å². The monoisotopic (exact) mass is 462 g/mol. The number of ether oxygens (including phenoxy) is 1. The van der Waals surface area contributed by atoms with E-state index in [0.717, 1.165) is 11.3 Å². The first-order valence-corrected chi connectivity index (χ1v) is 10.6. The van der Waals surface area contributed by atoms with Crippen LogP contribution >= 0.6 is 0 Å². The van der Waals surface area contributed by atoms with E-state index in [0.29, 0.717) is 29.0 Å². The highest BCUT2D eigenvalue weighted by molar-refractivity contribution is 5.83. The number of rotatable bonds is 9. The Morgan fingerprint density at radius 3 is 2.74 bits per heavy atom. The third kappa shape index (κ3) is 4.80. The predicted octanol–water partition coefficient (Wildman–Crippen LogP) is 2.57. The molecule has 0 aliphatic heterocycles. The molecule has 2 aromatic heterocycles. The molecule has 0 aliphatic carbocycles. The Morgan fingerprint density at radius 1 is 1.21 bits per heavy atom. The van der Waals surface area contributed by atoms with Crippen molar-refractivity contribution in [1.82, 2.24) is 20.1 Å². The maximum absolute atomic E-state index is 13.3. The van der Waals surface area contributed by atoms with E-state index in [-0.39, 0.29) is 30.6 Å². The number of amides is 1. The van der Waals surface area contributed by atoms with Crippen LogP contribution in [0.4, 0.5) is 0 Å². The lowest BCUT2D eigenvalue weighted by Gasteiger charge is -2.12. The first kappa shape index (κ1) is 22.7. The van der Waals surface area contributed by atoms with Crippen LogP contribution in [0.15, 0.2) is 64.3 Å². The zero-order valence-electron chi connectivity index (χ0n) is 18.4. The minimum absolute atomic E-state index is 0.0150. The molecule has 0 saturated heterocycles. The molecule has 0 unspecified atom stereocenters. The second-order valence-electron chi connectivity index (χ2n) is 7.43. The van der Waals surface area contributed by atoms with Gasteiger partial charge >= 0.3 is 5.97 Å². The van der Waals surface area contributed by atoms with Crippen LogP contribution in [-0.2, 0) is 16.0 Å². The molecule has 0 radical (unpaired) electrons. The number of aromatic nitrogens is 3. The Morgan fingerprint density at radius 2 is 2.00 bits per heavy atom. The number of benzene rings is 2. The third-order valence-corrected chi connectivity index (χ3v) is 5.18. The average molecular weight is 462 g/mol. The van der Waals surface area contributed by atoms with Crippen molar-refractivity contribution in [3.05, 3.63) is 70.8 Å². The normalized spacial score (nSPS) is 10.9. The number of hydrogen-bond donors (Lipinski definition) is 2. The minimum Gasteiger partial charge on any atom is -0.483 e. The number of aliphatic carboxylic acids is 1. The molecule has 0 fully saturated rings. The third-order valence-electron chi connectivity index (χ3n) is 5.18. The summed E-state index contributed by atoms with van der Waals surface area (Å²) in [7, 11) is 0. The second kappa shape index (κ2) is 9.99.